The zero-order chi connectivity index (χ0) is 14.8. The van der Waals surface area contributed by atoms with Crippen molar-refractivity contribution in [2.24, 2.45) is 5.92 Å². The van der Waals surface area contributed by atoms with Crippen LogP contribution in [0.15, 0.2) is 29.2 Å². The Kier molecular flexibility index (Phi) is 4.78. The van der Waals surface area contributed by atoms with Crippen LogP contribution in [0.5, 0.6) is 0 Å². The molecule has 0 aliphatic carbocycles. The highest BCUT2D eigenvalue weighted by molar-refractivity contribution is 7.89. The monoisotopic (exact) mass is 300 g/mol. The molecular weight excluding hydrogens is 279 g/mol. The molecule has 2 atom stereocenters. The summed E-state index contributed by atoms with van der Waals surface area (Å²) in [5, 5.41) is 3.25. The highest BCUT2D eigenvalue weighted by atomic mass is 32.2. The molecule has 2 rings (SSSR count). The number of sulfonamides is 1. The summed E-state index contributed by atoms with van der Waals surface area (Å²) < 4.78 is 39.5. The first-order chi connectivity index (χ1) is 9.48. The maximum atomic E-state index is 12.9. The molecule has 1 N–H and O–H groups in total. The van der Waals surface area contributed by atoms with Gasteiger partial charge in [0.2, 0.25) is 10.0 Å². The van der Waals surface area contributed by atoms with Crippen LogP contribution in [0.1, 0.15) is 19.8 Å². The van der Waals surface area contributed by atoms with Gasteiger partial charge in [-0.05, 0) is 43.7 Å². The molecule has 0 aromatic heterocycles. The van der Waals surface area contributed by atoms with Crippen LogP contribution >= 0.6 is 0 Å². The molecule has 1 aliphatic heterocycles. The Labute approximate surface area is 120 Å². The fourth-order valence-electron chi connectivity index (χ4n) is 2.77. The van der Waals surface area contributed by atoms with E-state index in [2.05, 4.69) is 12.2 Å². The third-order valence-electron chi connectivity index (χ3n) is 4.04. The smallest absolute Gasteiger partial charge is 0.243 e. The fraction of sp³-hybridized carbons (Fsp3) is 0.571. The van der Waals surface area contributed by atoms with Crippen LogP contribution < -0.4 is 5.32 Å². The lowest BCUT2D eigenvalue weighted by Gasteiger charge is -2.37. The van der Waals surface area contributed by atoms with Crippen molar-refractivity contribution in [2.45, 2.75) is 30.7 Å². The number of nitrogens with zero attached hydrogens (tertiary/aromatic N) is 1. The molecule has 2 unspecified atom stereocenters. The van der Waals surface area contributed by atoms with Crippen LogP contribution in [0.25, 0.3) is 0 Å². The van der Waals surface area contributed by atoms with Gasteiger partial charge >= 0.3 is 0 Å². The molecule has 1 fully saturated rings. The molecule has 0 bridgehead atoms. The summed E-state index contributed by atoms with van der Waals surface area (Å²) in [7, 11) is -1.60. The maximum Gasteiger partial charge on any atom is 0.243 e. The quantitative estimate of drug-likeness (QED) is 0.923. The molecule has 112 valence electrons. The second kappa shape index (κ2) is 6.20. The summed E-state index contributed by atoms with van der Waals surface area (Å²) in [5.74, 6) is -0.117. The number of hydrogen-bond acceptors (Lipinski definition) is 3. The van der Waals surface area contributed by atoms with Gasteiger partial charge in [-0.1, -0.05) is 13.3 Å². The molecular formula is C14H21FN2O2S. The summed E-state index contributed by atoms with van der Waals surface area (Å²) in [6.45, 7) is 3.09. The molecule has 6 heteroatoms. The molecule has 1 heterocycles. The largest absolute Gasteiger partial charge is 0.317 e. The second-order valence-corrected chi connectivity index (χ2v) is 7.11. The number of hydrogen-bond donors (Lipinski definition) is 1. The van der Waals surface area contributed by atoms with Crippen molar-refractivity contribution in [3.63, 3.8) is 0 Å². The Morgan fingerprint density at radius 2 is 2.00 bits per heavy atom. The van der Waals surface area contributed by atoms with E-state index in [-0.39, 0.29) is 4.90 Å². The lowest BCUT2D eigenvalue weighted by molar-refractivity contribution is 0.209. The fourth-order valence-corrected chi connectivity index (χ4v) is 4.28. The molecule has 0 amide bonds. The predicted octanol–water partition coefficient (Wildman–Crippen LogP) is 1.83. The Bertz CT molecular complexity index is 545. The summed E-state index contributed by atoms with van der Waals surface area (Å²) in [6, 6.07) is 5.39. The second-order valence-electron chi connectivity index (χ2n) is 5.17. The van der Waals surface area contributed by atoms with E-state index in [0.29, 0.717) is 25.0 Å². The zero-order valence-electron chi connectivity index (χ0n) is 11.8. The summed E-state index contributed by atoms with van der Waals surface area (Å²) in [4.78, 5) is 0.164. The van der Waals surface area contributed by atoms with Gasteiger partial charge in [-0.2, -0.15) is 4.31 Å². The van der Waals surface area contributed by atoms with Crippen molar-refractivity contribution in [3.05, 3.63) is 30.1 Å². The van der Waals surface area contributed by atoms with E-state index in [1.165, 1.54) is 28.6 Å². The molecule has 1 saturated heterocycles. The summed E-state index contributed by atoms with van der Waals surface area (Å²) in [6.07, 6.45) is 1.73. The minimum Gasteiger partial charge on any atom is -0.317 e. The molecule has 0 radical (unpaired) electrons. The first-order valence-corrected chi connectivity index (χ1v) is 8.36. The Balaban J connectivity index is 2.20. The number of nitrogens with one attached hydrogen (secondary N) is 1. The number of halogens is 1. The first kappa shape index (κ1) is 15.4. The van der Waals surface area contributed by atoms with Gasteiger partial charge in [0.15, 0.2) is 0 Å². The van der Waals surface area contributed by atoms with Gasteiger partial charge in [0.1, 0.15) is 5.82 Å². The van der Waals surface area contributed by atoms with E-state index in [1.807, 2.05) is 7.05 Å². The van der Waals surface area contributed by atoms with E-state index in [0.717, 1.165) is 12.8 Å². The Morgan fingerprint density at radius 1 is 1.35 bits per heavy atom. The van der Waals surface area contributed by atoms with Gasteiger partial charge < -0.3 is 5.32 Å². The topological polar surface area (TPSA) is 49.4 Å². The van der Waals surface area contributed by atoms with Crippen LogP contribution in [-0.2, 0) is 10.0 Å². The molecule has 0 spiro atoms. The van der Waals surface area contributed by atoms with Crippen LogP contribution in [0.4, 0.5) is 4.39 Å². The summed E-state index contributed by atoms with van der Waals surface area (Å²) in [5.41, 5.74) is 0. The zero-order valence-corrected chi connectivity index (χ0v) is 12.7. The van der Waals surface area contributed by atoms with Gasteiger partial charge in [-0.15, -0.1) is 0 Å². The highest BCUT2D eigenvalue weighted by Crippen LogP contribution is 2.25. The molecule has 1 aliphatic rings. The van der Waals surface area contributed by atoms with Gasteiger partial charge in [0.05, 0.1) is 4.90 Å². The Hall–Kier alpha value is -0.980. The van der Waals surface area contributed by atoms with Crippen molar-refractivity contribution in [1.29, 1.82) is 0 Å². The average Bonchev–Trinajstić information content (AvgIpc) is 2.46. The van der Waals surface area contributed by atoms with Crippen molar-refractivity contribution in [3.8, 4) is 0 Å². The number of piperidine rings is 1. The van der Waals surface area contributed by atoms with Gasteiger partial charge in [-0.3, -0.25) is 0 Å². The maximum absolute atomic E-state index is 12.9. The van der Waals surface area contributed by atoms with E-state index < -0.39 is 15.8 Å². The normalized spacial score (nSPS) is 24.8. The van der Waals surface area contributed by atoms with Crippen LogP contribution in [0, 0.1) is 11.7 Å². The van der Waals surface area contributed by atoms with E-state index in [9.17, 15) is 12.8 Å². The van der Waals surface area contributed by atoms with Crippen LogP contribution in [-0.4, -0.2) is 38.9 Å². The predicted molar refractivity (Wildman–Crippen MR) is 76.4 cm³/mol. The van der Waals surface area contributed by atoms with Crippen molar-refractivity contribution in [2.75, 3.05) is 20.1 Å². The molecule has 20 heavy (non-hydrogen) atoms. The van der Waals surface area contributed by atoms with Gasteiger partial charge in [-0.25, -0.2) is 12.8 Å². The SMILES string of the molecule is CCC1CN(S(=O)(=O)c2ccc(F)cc2)CCC1NC. The van der Waals surface area contributed by atoms with E-state index in [1.54, 1.807) is 0 Å². The lowest BCUT2D eigenvalue weighted by atomic mass is 9.91. The standard InChI is InChI=1S/C14H21FN2O2S/c1-3-11-10-17(9-8-14(11)16-2)20(18,19)13-6-4-12(15)5-7-13/h4-7,11,14,16H,3,8-10H2,1-2H3. The average molecular weight is 300 g/mol. The van der Waals surface area contributed by atoms with Gasteiger partial charge in [0, 0.05) is 19.1 Å². The van der Waals surface area contributed by atoms with Crippen molar-refractivity contribution < 1.29 is 12.8 Å². The molecule has 0 saturated carbocycles. The van der Waals surface area contributed by atoms with E-state index >= 15 is 0 Å². The molecule has 1 aromatic rings. The first-order valence-electron chi connectivity index (χ1n) is 6.92. The molecule has 1 aromatic carbocycles. The van der Waals surface area contributed by atoms with E-state index in [4.69, 9.17) is 0 Å². The third-order valence-corrected chi connectivity index (χ3v) is 5.92. The minimum absolute atomic E-state index is 0.164. The van der Waals surface area contributed by atoms with Crippen molar-refractivity contribution >= 4 is 10.0 Å². The highest BCUT2D eigenvalue weighted by Gasteiger charge is 2.33. The van der Waals surface area contributed by atoms with Crippen molar-refractivity contribution in [1.82, 2.24) is 9.62 Å². The van der Waals surface area contributed by atoms with Crippen LogP contribution in [0.2, 0.25) is 0 Å². The Morgan fingerprint density at radius 3 is 2.55 bits per heavy atom. The summed E-state index contributed by atoms with van der Waals surface area (Å²) >= 11 is 0. The number of benzene rings is 1. The minimum atomic E-state index is -3.51. The number of rotatable bonds is 4. The lowest BCUT2D eigenvalue weighted by Crippen LogP contribution is -2.49. The van der Waals surface area contributed by atoms with Crippen LogP contribution in [0.3, 0.4) is 0 Å². The molecule has 4 nitrogen and oxygen atoms in total. The van der Waals surface area contributed by atoms with Gasteiger partial charge in [0.25, 0.3) is 0 Å². The third kappa shape index (κ3) is 3.02.